The molecule has 1 atom stereocenters. The predicted octanol–water partition coefficient (Wildman–Crippen LogP) is 11.9. The van der Waals surface area contributed by atoms with Crippen molar-refractivity contribution in [2.24, 2.45) is 0 Å². The molecule has 0 rings (SSSR count). The van der Waals surface area contributed by atoms with E-state index in [0.29, 0.717) is 13.0 Å². The maximum Gasteiger partial charge on any atom is 0.309 e. The van der Waals surface area contributed by atoms with E-state index in [1.807, 2.05) is 12.2 Å². The summed E-state index contributed by atoms with van der Waals surface area (Å²) in [5.74, 6) is -0.561. The summed E-state index contributed by atoms with van der Waals surface area (Å²) in [7, 11) is 0. The Morgan fingerprint density at radius 1 is 0.500 bits per heavy atom. The smallest absolute Gasteiger partial charge is 0.309 e. The van der Waals surface area contributed by atoms with Crippen LogP contribution in [0, 0.1) is 0 Å². The van der Waals surface area contributed by atoms with Gasteiger partial charge in [-0.2, -0.15) is 0 Å². The molecule has 5 heteroatoms. The first kappa shape index (κ1) is 43.6. The lowest BCUT2D eigenvalue weighted by Crippen LogP contribution is -2.30. The number of hydrogen-bond acceptors (Lipinski definition) is 5. The number of ether oxygens (including phenoxy) is 3. The number of rotatable bonds is 33. The van der Waals surface area contributed by atoms with E-state index in [1.54, 1.807) is 0 Å². The largest absolute Gasteiger partial charge is 0.461 e. The van der Waals surface area contributed by atoms with Crippen LogP contribution in [0.4, 0.5) is 0 Å². The van der Waals surface area contributed by atoms with Crippen LogP contribution in [-0.2, 0) is 23.8 Å². The minimum absolute atomic E-state index is 0.0309. The van der Waals surface area contributed by atoms with Crippen molar-refractivity contribution in [1.82, 2.24) is 0 Å². The second-order valence-corrected chi connectivity index (χ2v) is 12.1. The third-order valence-electron chi connectivity index (χ3n) is 7.60. The van der Waals surface area contributed by atoms with Gasteiger partial charge in [0.15, 0.2) is 6.10 Å². The van der Waals surface area contributed by atoms with Crippen molar-refractivity contribution in [3.63, 3.8) is 0 Å². The topological polar surface area (TPSA) is 61.8 Å². The molecule has 0 aromatic carbocycles. The Labute approximate surface area is 284 Å². The number of allylic oxidation sites excluding steroid dienone is 9. The molecular weight excluding hydrogens is 572 g/mol. The van der Waals surface area contributed by atoms with Gasteiger partial charge in [-0.15, -0.1) is 0 Å². The van der Waals surface area contributed by atoms with Crippen molar-refractivity contribution in [2.45, 2.75) is 168 Å². The molecule has 0 aliphatic heterocycles. The van der Waals surface area contributed by atoms with Crippen LogP contribution < -0.4 is 0 Å². The van der Waals surface area contributed by atoms with Gasteiger partial charge in [-0.3, -0.25) is 9.59 Å². The van der Waals surface area contributed by atoms with Gasteiger partial charge >= 0.3 is 11.9 Å². The molecule has 0 fully saturated rings. The van der Waals surface area contributed by atoms with Crippen molar-refractivity contribution >= 4 is 11.9 Å². The fraction of sp³-hybridized carbons (Fsp3) is 0.707. The van der Waals surface area contributed by atoms with Crippen molar-refractivity contribution < 1.29 is 23.8 Å². The van der Waals surface area contributed by atoms with Crippen LogP contribution in [-0.4, -0.2) is 37.9 Å². The van der Waals surface area contributed by atoms with Crippen molar-refractivity contribution in [3.05, 3.63) is 60.8 Å². The summed E-state index contributed by atoms with van der Waals surface area (Å²) in [6.07, 6.45) is 44.0. The molecule has 0 aromatic heterocycles. The maximum absolute atomic E-state index is 12.4. The molecule has 0 amide bonds. The Morgan fingerprint density at radius 2 is 0.957 bits per heavy atom. The third-order valence-corrected chi connectivity index (χ3v) is 7.60. The van der Waals surface area contributed by atoms with Gasteiger partial charge in [-0.05, 0) is 44.9 Å². The highest BCUT2D eigenvalue weighted by molar-refractivity contribution is 5.71. The highest BCUT2D eigenvalue weighted by atomic mass is 16.6. The molecular formula is C41H70O5. The van der Waals surface area contributed by atoms with Crippen LogP contribution in [0.1, 0.15) is 162 Å². The molecule has 0 heterocycles. The molecule has 0 saturated carbocycles. The molecule has 5 nitrogen and oxygen atoms in total. The minimum Gasteiger partial charge on any atom is -0.461 e. The molecule has 264 valence electrons. The Balaban J connectivity index is 4.28. The number of hydrogen-bond donors (Lipinski definition) is 0. The SMILES string of the molecule is CC/C=C\C/C=C\C/C=C\C/C=C\C/C=C\CC(=O)OCC(COCCCCCCCCCCCC)OC(=O)CCCCCCC. The van der Waals surface area contributed by atoms with E-state index in [9.17, 15) is 9.59 Å². The lowest BCUT2D eigenvalue weighted by molar-refractivity contribution is -0.162. The first-order valence-electron chi connectivity index (χ1n) is 18.8. The Hall–Kier alpha value is -2.40. The summed E-state index contributed by atoms with van der Waals surface area (Å²) in [4.78, 5) is 24.8. The number of carbonyl (C=O) groups is 2. The second-order valence-electron chi connectivity index (χ2n) is 12.1. The van der Waals surface area contributed by atoms with E-state index in [1.165, 1.54) is 64.2 Å². The predicted molar refractivity (Wildman–Crippen MR) is 196 cm³/mol. The third kappa shape index (κ3) is 34.5. The first-order chi connectivity index (χ1) is 22.6. The summed E-state index contributed by atoms with van der Waals surface area (Å²) in [6.45, 7) is 7.50. The van der Waals surface area contributed by atoms with E-state index in [2.05, 4.69) is 69.4 Å². The number of unbranched alkanes of at least 4 members (excludes halogenated alkanes) is 13. The van der Waals surface area contributed by atoms with E-state index in [0.717, 1.165) is 64.2 Å². The zero-order valence-electron chi connectivity index (χ0n) is 30.1. The summed E-state index contributed by atoms with van der Waals surface area (Å²) in [6, 6.07) is 0. The van der Waals surface area contributed by atoms with Gasteiger partial charge < -0.3 is 14.2 Å². The zero-order chi connectivity index (χ0) is 33.6. The molecule has 0 aliphatic carbocycles. The van der Waals surface area contributed by atoms with Gasteiger partial charge in [0.2, 0.25) is 0 Å². The molecule has 0 saturated heterocycles. The van der Waals surface area contributed by atoms with E-state index in [4.69, 9.17) is 14.2 Å². The molecule has 0 aromatic rings. The van der Waals surface area contributed by atoms with Gasteiger partial charge in [0.1, 0.15) is 6.61 Å². The number of esters is 2. The van der Waals surface area contributed by atoms with Crippen LogP contribution in [0.3, 0.4) is 0 Å². The van der Waals surface area contributed by atoms with E-state index >= 15 is 0 Å². The number of carbonyl (C=O) groups excluding carboxylic acids is 2. The standard InChI is InChI=1S/C41H70O5/c1-4-7-10-13-15-17-19-20-21-22-23-24-26-29-31-34-40(42)45-38-39(46-41(43)35-32-28-12-9-6-3)37-44-36-33-30-27-25-18-16-14-11-8-5-2/h7,10,15,17,20-21,23-24,29,31,39H,4-6,8-9,11-14,16,18-19,22,25-28,30,32-38H2,1-3H3/b10-7-,17-15-,21-20-,24-23-,31-29-. The fourth-order valence-electron chi connectivity index (χ4n) is 4.82. The van der Waals surface area contributed by atoms with E-state index in [-0.39, 0.29) is 31.6 Å². The fourth-order valence-corrected chi connectivity index (χ4v) is 4.82. The summed E-state index contributed by atoms with van der Waals surface area (Å²) < 4.78 is 17.0. The Morgan fingerprint density at radius 3 is 1.48 bits per heavy atom. The molecule has 0 radical (unpaired) electrons. The second kappa shape index (κ2) is 37.1. The van der Waals surface area contributed by atoms with Gasteiger partial charge in [0.05, 0.1) is 13.0 Å². The van der Waals surface area contributed by atoms with Crippen molar-refractivity contribution in [3.8, 4) is 0 Å². The van der Waals surface area contributed by atoms with Crippen LogP contribution in [0.2, 0.25) is 0 Å². The first-order valence-corrected chi connectivity index (χ1v) is 18.8. The molecule has 0 N–H and O–H groups in total. The van der Waals surface area contributed by atoms with Crippen LogP contribution in [0.25, 0.3) is 0 Å². The molecule has 0 bridgehead atoms. The maximum atomic E-state index is 12.4. The van der Waals surface area contributed by atoms with Gasteiger partial charge in [0.25, 0.3) is 0 Å². The summed E-state index contributed by atoms with van der Waals surface area (Å²) in [5.41, 5.74) is 0. The zero-order valence-corrected chi connectivity index (χ0v) is 30.1. The Kier molecular flexibility index (Phi) is 35.1. The van der Waals surface area contributed by atoms with Crippen molar-refractivity contribution in [1.29, 1.82) is 0 Å². The Bertz CT molecular complexity index is 823. The molecule has 0 spiro atoms. The highest BCUT2D eigenvalue weighted by Gasteiger charge is 2.17. The highest BCUT2D eigenvalue weighted by Crippen LogP contribution is 2.11. The van der Waals surface area contributed by atoms with Gasteiger partial charge in [0, 0.05) is 13.0 Å². The molecule has 46 heavy (non-hydrogen) atoms. The van der Waals surface area contributed by atoms with E-state index < -0.39 is 6.10 Å². The molecule has 0 aliphatic rings. The quantitative estimate of drug-likeness (QED) is 0.0405. The monoisotopic (exact) mass is 643 g/mol. The van der Waals surface area contributed by atoms with Crippen LogP contribution in [0.15, 0.2) is 60.8 Å². The van der Waals surface area contributed by atoms with Crippen molar-refractivity contribution in [2.75, 3.05) is 19.8 Å². The van der Waals surface area contributed by atoms with Crippen LogP contribution in [0.5, 0.6) is 0 Å². The molecule has 1 unspecified atom stereocenters. The van der Waals surface area contributed by atoms with Gasteiger partial charge in [-0.1, -0.05) is 165 Å². The van der Waals surface area contributed by atoms with Crippen LogP contribution >= 0.6 is 0 Å². The summed E-state index contributed by atoms with van der Waals surface area (Å²) >= 11 is 0. The normalized spacial score (nSPS) is 12.8. The average Bonchev–Trinajstić information content (AvgIpc) is 3.05. The minimum atomic E-state index is -0.566. The lowest BCUT2D eigenvalue weighted by atomic mass is 10.1. The van der Waals surface area contributed by atoms with Gasteiger partial charge in [-0.25, -0.2) is 0 Å². The average molecular weight is 643 g/mol. The summed E-state index contributed by atoms with van der Waals surface area (Å²) in [5, 5.41) is 0. The lowest BCUT2D eigenvalue weighted by Gasteiger charge is -2.18.